The lowest BCUT2D eigenvalue weighted by atomic mass is 10.1. The Labute approximate surface area is 129 Å². The topological polar surface area (TPSA) is 35.2 Å². The fourth-order valence-corrected chi connectivity index (χ4v) is 3.37. The van der Waals surface area contributed by atoms with E-state index in [2.05, 4.69) is 25.3 Å². The summed E-state index contributed by atoms with van der Waals surface area (Å²) in [6.45, 7) is 6.16. The maximum Gasteiger partial charge on any atom is 0.148 e. The molecule has 0 spiro atoms. The molecule has 2 nitrogen and oxygen atoms in total. The van der Waals surface area contributed by atoms with E-state index < -0.39 is 0 Å². The van der Waals surface area contributed by atoms with Gasteiger partial charge in [-0.05, 0) is 55.0 Å². The van der Waals surface area contributed by atoms with Crippen molar-refractivity contribution in [2.75, 3.05) is 0 Å². The van der Waals surface area contributed by atoms with Crippen LogP contribution in [-0.4, -0.2) is 6.04 Å². The molecule has 108 valence electrons. The second-order valence-corrected chi connectivity index (χ2v) is 6.37. The van der Waals surface area contributed by atoms with E-state index >= 15 is 0 Å². The van der Waals surface area contributed by atoms with Crippen LogP contribution in [-0.2, 0) is 0 Å². The standard InChI is InChI=1S/C16H20ClNOS/c1-4-13(18)15(16-11(3)7-8-20-16)19-14-6-5-10(2)9-12(14)17/h5-9,13,15H,4,18H2,1-3H3. The molecule has 0 bridgehead atoms. The molecule has 2 aromatic rings. The summed E-state index contributed by atoms with van der Waals surface area (Å²) in [5, 5.41) is 2.70. The van der Waals surface area contributed by atoms with Gasteiger partial charge in [0.2, 0.25) is 0 Å². The first-order valence-electron chi connectivity index (χ1n) is 6.75. The number of hydrogen-bond donors (Lipinski definition) is 1. The first-order chi connectivity index (χ1) is 9.52. The van der Waals surface area contributed by atoms with E-state index in [9.17, 15) is 0 Å². The van der Waals surface area contributed by atoms with E-state index in [0.717, 1.165) is 12.0 Å². The Morgan fingerprint density at radius 3 is 2.60 bits per heavy atom. The minimum absolute atomic E-state index is 0.0512. The van der Waals surface area contributed by atoms with E-state index in [4.69, 9.17) is 22.1 Å². The fourth-order valence-electron chi connectivity index (χ4n) is 2.06. The fraction of sp³-hybridized carbons (Fsp3) is 0.375. The van der Waals surface area contributed by atoms with Crippen LogP contribution < -0.4 is 10.5 Å². The molecule has 0 amide bonds. The van der Waals surface area contributed by atoms with Crippen LogP contribution in [0.15, 0.2) is 29.6 Å². The number of halogens is 1. The molecule has 20 heavy (non-hydrogen) atoms. The van der Waals surface area contributed by atoms with Crippen LogP contribution in [0.5, 0.6) is 5.75 Å². The Balaban J connectivity index is 2.31. The minimum Gasteiger partial charge on any atom is -0.482 e. The Morgan fingerprint density at radius 2 is 2.05 bits per heavy atom. The summed E-state index contributed by atoms with van der Waals surface area (Å²) < 4.78 is 6.13. The van der Waals surface area contributed by atoms with Gasteiger partial charge in [0.25, 0.3) is 0 Å². The second-order valence-electron chi connectivity index (χ2n) is 5.01. The highest BCUT2D eigenvalue weighted by atomic mass is 35.5. The molecular formula is C16H20ClNOS. The van der Waals surface area contributed by atoms with E-state index in [1.165, 1.54) is 10.4 Å². The monoisotopic (exact) mass is 309 g/mol. The highest BCUT2D eigenvalue weighted by Crippen LogP contribution is 2.34. The molecule has 0 saturated carbocycles. The molecule has 2 unspecified atom stereocenters. The zero-order chi connectivity index (χ0) is 14.7. The van der Waals surface area contributed by atoms with Gasteiger partial charge >= 0.3 is 0 Å². The average Bonchev–Trinajstić information content (AvgIpc) is 2.83. The zero-order valence-corrected chi connectivity index (χ0v) is 13.6. The van der Waals surface area contributed by atoms with Gasteiger partial charge in [0.1, 0.15) is 11.9 Å². The molecule has 2 atom stereocenters. The summed E-state index contributed by atoms with van der Waals surface area (Å²) in [5.74, 6) is 0.693. The van der Waals surface area contributed by atoms with Crippen molar-refractivity contribution in [2.45, 2.75) is 39.3 Å². The van der Waals surface area contributed by atoms with Gasteiger partial charge in [-0.2, -0.15) is 0 Å². The van der Waals surface area contributed by atoms with Gasteiger partial charge in [-0.25, -0.2) is 0 Å². The molecular weight excluding hydrogens is 290 g/mol. The SMILES string of the molecule is CCC(N)C(Oc1ccc(C)cc1Cl)c1sccc1C. The van der Waals surface area contributed by atoms with Crippen molar-refractivity contribution in [1.29, 1.82) is 0 Å². The van der Waals surface area contributed by atoms with Gasteiger partial charge in [0, 0.05) is 10.9 Å². The number of nitrogens with two attached hydrogens (primary N) is 1. The molecule has 4 heteroatoms. The molecule has 0 aliphatic carbocycles. The van der Waals surface area contributed by atoms with Crippen LogP contribution in [0.3, 0.4) is 0 Å². The van der Waals surface area contributed by atoms with E-state index in [0.29, 0.717) is 10.8 Å². The lowest BCUT2D eigenvalue weighted by Gasteiger charge is -2.25. The smallest absolute Gasteiger partial charge is 0.148 e. The first-order valence-corrected chi connectivity index (χ1v) is 8.01. The molecule has 0 radical (unpaired) electrons. The lowest BCUT2D eigenvalue weighted by Crippen LogP contribution is -2.31. The predicted octanol–water partition coefficient (Wildman–Crippen LogP) is 4.88. The number of aryl methyl sites for hydroxylation is 2. The molecule has 0 aliphatic rings. The first kappa shape index (κ1) is 15.4. The van der Waals surface area contributed by atoms with Crippen molar-refractivity contribution < 1.29 is 4.74 Å². The molecule has 1 heterocycles. The molecule has 0 aliphatic heterocycles. The summed E-state index contributed by atoms with van der Waals surface area (Å²) in [6.07, 6.45) is 0.700. The van der Waals surface area contributed by atoms with E-state index in [1.54, 1.807) is 11.3 Å². The van der Waals surface area contributed by atoms with Crippen LogP contribution in [0.25, 0.3) is 0 Å². The Kier molecular flexibility index (Phi) is 5.08. The van der Waals surface area contributed by atoms with Crippen molar-refractivity contribution in [1.82, 2.24) is 0 Å². The van der Waals surface area contributed by atoms with E-state index in [1.807, 2.05) is 25.1 Å². The molecule has 0 saturated heterocycles. The van der Waals surface area contributed by atoms with Crippen LogP contribution in [0, 0.1) is 13.8 Å². The number of ether oxygens (including phenoxy) is 1. The Morgan fingerprint density at radius 1 is 1.30 bits per heavy atom. The number of benzene rings is 1. The number of rotatable bonds is 5. The maximum absolute atomic E-state index is 6.26. The lowest BCUT2D eigenvalue weighted by molar-refractivity contribution is 0.174. The summed E-state index contributed by atoms with van der Waals surface area (Å²) in [4.78, 5) is 1.18. The maximum atomic E-state index is 6.26. The third-order valence-corrected chi connectivity index (χ3v) is 4.74. The molecule has 1 aromatic carbocycles. The van der Waals surface area contributed by atoms with Crippen LogP contribution >= 0.6 is 22.9 Å². The van der Waals surface area contributed by atoms with E-state index in [-0.39, 0.29) is 12.1 Å². The largest absolute Gasteiger partial charge is 0.482 e. The van der Waals surface area contributed by atoms with Crippen molar-refractivity contribution in [3.8, 4) is 5.75 Å². The molecule has 1 aromatic heterocycles. The van der Waals surface area contributed by atoms with Crippen molar-refractivity contribution in [2.24, 2.45) is 5.73 Å². The average molecular weight is 310 g/mol. The summed E-state index contributed by atoms with van der Waals surface area (Å²) in [6, 6.07) is 7.86. The van der Waals surface area contributed by atoms with Crippen LogP contribution in [0.2, 0.25) is 5.02 Å². The predicted molar refractivity (Wildman–Crippen MR) is 86.9 cm³/mol. The normalized spacial score (nSPS) is 14.1. The minimum atomic E-state index is -0.153. The Bertz CT molecular complexity index is 582. The van der Waals surface area contributed by atoms with Gasteiger partial charge in [-0.1, -0.05) is 24.6 Å². The third-order valence-electron chi connectivity index (χ3n) is 3.36. The van der Waals surface area contributed by atoms with Gasteiger partial charge in [-0.15, -0.1) is 11.3 Å². The Hall–Kier alpha value is -1.03. The van der Waals surface area contributed by atoms with Crippen LogP contribution in [0.1, 0.15) is 35.5 Å². The number of hydrogen-bond acceptors (Lipinski definition) is 3. The van der Waals surface area contributed by atoms with Gasteiger partial charge in [0.15, 0.2) is 0 Å². The van der Waals surface area contributed by atoms with Gasteiger partial charge < -0.3 is 10.5 Å². The summed E-state index contributed by atoms with van der Waals surface area (Å²) >= 11 is 7.94. The third kappa shape index (κ3) is 3.35. The molecule has 0 fully saturated rings. The van der Waals surface area contributed by atoms with Crippen molar-refractivity contribution >= 4 is 22.9 Å². The highest BCUT2D eigenvalue weighted by Gasteiger charge is 2.24. The van der Waals surface area contributed by atoms with Crippen molar-refractivity contribution in [3.63, 3.8) is 0 Å². The van der Waals surface area contributed by atoms with Gasteiger partial charge in [-0.3, -0.25) is 0 Å². The number of thiophene rings is 1. The molecule has 2 N–H and O–H groups in total. The zero-order valence-electron chi connectivity index (χ0n) is 12.0. The summed E-state index contributed by atoms with van der Waals surface area (Å²) in [5.41, 5.74) is 8.58. The van der Waals surface area contributed by atoms with Crippen LogP contribution in [0.4, 0.5) is 0 Å². The highest BCUT2D eigenvalue weighted by molar-refractivity contribution is 7.10. The quantitative estimate of drug-likeness (QED) is 0.854. The summed E-state index contributed by atoms with van der Waals surface area (Å²) in [7, 11) is 0. The molecule has 2 rings (SSSR count). The second kappa shape index (κ2) is 6.61. The van der Waals surface area contributed by atoms with Crippen molar-refractivity contribution in [3.05, 3.63) is 50.7 Å². The van der Waals surface area contributed by atoms with Gasteiger partial charge in [0.05, 0.1) is 5.02 Å².